The summed E-state index contributed by atoms with van der Waals surface area (Å²) in [4.78, 5) is 31.3. The van der Waals surface area contributed by atoms with Gasteiger partial charge in [-0.05, 0) is 50.3 Å². The second-order valence-corrected chi connectivity index (χ2v) is 9.35. The quantitative estimate of drug-likeness (QED) is 0.597. The minimum absolute atomic E-state index is 0.0936. The highest BCUT2D eigenvalue weighted by Gasteiger charge is 2.45. The normalized spacial score (nSPS) is 21.3. The van der Waals surface area contributed by atoms with E-state index in [4.69, 9.17) is 9.47 Å². The van der Waals surface area contributed by atoms with E-state index in [0.717, 1.165) is 19.5 Å². The van der Waals surface area contributed by atoms with E-state index in [2.05, 4.69) is 18.7 Å². The Morgan fingerprint density at radius 1 is 0.879 bits per heavy atom. The van der Waals surface area contributed by atoms with Crippen LogP contribution in [0.5, 0.6) is 11.5 Å². The molecule has 33 heavy (non-hydrogen) atoms. The zero-order valence-corrected chi connectivity index (χ0v) is 20.0. The first-order chi connectivity index (χ1) is 15.8. The molecule has 2 atom stereocenters. The van der Waals surface area contributed by atoms with E-state index in [1.807, 2.05) is 50.2 Å². The molecule has 0 radical (unpaired) electrons. The zero-order valence-electron chi connectivity index (χ0n) is 20.0. The molecule has 4 rings (SSSR count). The number of amides is 2. The number of anilines is 1. The summed E-state index contributed by atoms with van der Waals surface area (Å²) in [6.45, 7) is 9.69. The summed E-state index contributed by atoms with van der Waals surface area (Å²) in [5.74, 6) is 1.25. The Hall–Kier alpha value is -3.28. The fraction of sp³-hybridized carbons (Fsp3) is 0.407. The van der Waals surface area contributed by atoms with Crippen molar-refractivity contribution in [1.82, 2.24) is 4.90 Å². The minimum Gasteiger partial charge on any atom is -0.496 e. The molecule has 6 heteroatoms. The van der Waals surface area contributed by atoms with Gasteiger partial charge in [0.2, 0.25) is 0 Å². The van der Waals surface area contributed by atoms with Gasteiger partial charge in [-0.1, -0.05) is 44.2 Å². The first-order valence-corrected chi connectivity index (χ1v) is 11.6. The van der Waals surface area contributed by atoms with Crippen LogP contribution in [0.2, 0.25) is 0 Å². The van der Waals surface area contributed by atoms with E-state index >= 15 is 0 Å². The Morgan fingerprint density at radius 2 is 1.48 bits per heavy atom. The molecule has 6 nitrogen and oxygen atoms in total. The molecule has 2 aliphatic rings. The maximum atomic E-state index is 14.0. The van der Waals surface area contributed by atoms with Crippen molar-refractivity contribution >= 4 is 23.1 Å². The van der Waals surface area contributed by atoms with Crippen molar-refractivity contribution in [2.45, 2.75) is 40.2 Å². The van der Waals surface area contributed by atoms with E-state index in [1.54, 1.807) is 19.2 Å². The minimum atomic E-state index is -0.356. The lowest BCUT2D eigenvalue weighted by Gasteiger charge is -2.37. The second kappa shape index (κ2) is 9.30. The van der Waals surface area contributed by atoms with Crippen LogP contribution in [0, 0.1) is 11.8 Å². The Kier molecular flexibility index (Phi) is 6.45. The predicted molar refractivity (Wildman–Crippen MR) is 129 cm³/mol. The Balaban J connectivity index is 1.87. The molecule has 2 aliphatic heterocycles. The summed E-state index contributed by atoms with van der Waals surface area (Å²) >= 11 is 0. The fourth-order valence-corrected chi connectivity index (χ4v) is 4.97. The molecule has 0 spiro atoms. The van der Waals surface area contributed by atoms with Crippen LogP contribution in [0.4, 0.5) is 5.69 Å². The van der Waals surface area contributed by atoms with Gasteiger partial charge in [-0.2, -0.15) is 0 Å². The molecule has 2 amide bonds. The fourth-order valence-electron chi connectivity index (χ4n) is 4.97. The third kappa shape index (κ3) is 4.34. The van der Waals surface area contributed by atoms with Gasteiger partial charge in [-0.15, -0.1) is 0 Å². The number of piperidine rings is 1. The summed E-state index contributed by atoms with van der Waals surface area (Å²) < 4.78 is 11.5. The molecule has 2 aromatic carbocycles. The van der Waals surface area contributed by atoms with Crippen LogP contribution in [0.3, 0.4) is 0 Å². The molecule has 2 unspecified atom stereocenters. The molecule has 2 aromatic rings. The van der Waals surface area contributed by atoms with Crippen molar-refractivity contribution in [3.63, 3.8) is 0 Å². The molecule has 174 valence electrons. The van der Waals surface area contributed by atoms with Crippen molar-refractivity contribution in [2.75, 3.05) is 25.1 Å². The maximum absolute atomic E-state index is 14.0. The number of carbonyl (C=O) groups is 2. The SMILES string of the molecule is COc1ccccc1C1=C(N2CC(C)CC(C)C2)C(=O)N(c2ccccc2OC(C)C)C1=O. The van der Waals surface area contributed by atoms with Gasteiger partial charge in [0, 0.05) is 18.7 Å². The van der Waals surface area contributed by atoms with E-state index in [9.17, 15) is 9.59 Å². The molecule has 0 bridgehead atoms. The molecule has 1 fully saturated rings. The molecule has 0 aliphatic carbocycles. The summed E-state index contributed by atoms with van der Waals surface area (Å²) in [6, 6.07) is 14.6. The highest BCUT2D eigenvalue weighted by Crippen LogP contribution is 2.42. The molecule has 0 saturated carbocycles. The lowest BCUT2D eigenvalue weighted by atomic mass is 9.91. The van der Waals surface area contributed by atoms with Crippen molar-refractivity contribution in [1.29, 1.82) is 0 Å². The third-order valence-electron chi connectivity index (χ3n) is 6.09. The third-order valence-corrected chi connectivity index (χ3v) is 6.09. The van der Waals surface area contributed by atoms with Gasteiger partial charge >= 0.3 is 0 Å². The van der Waals surface area contributed by atoms with Crippen molar-refractivity contribution in [3.8, 4) is 11.5 Å². The van der Waals surface area contributed by atoms with E-state index in [0.29, 0.717) is 45.9 Å². The molecule has 0 aromatic heterocycles. The summed E-state index contributed by atoms with van der Waals surface area (Å²) in [6.07, 6.45) is 1.01. The average molecular weight is 449 g/mol. The van der Waals surface area contributed by atoms with Gasteiger partial charge in [-0.25, -0.2) is 4.90 Å². The van der Waals surface area contributed by atoms with Crippen LogP contribution in [-0.2, 0) is 9.59 Å². The highest BCUT2D eigenvalue weighted by atomic mass is 16.5. The standard InChI is InChI=1S/C27H32N2O4/c1-17(2)33-23-13-9-7-11-21(23)29-26(30)24(20-10-6-8-12-22(20)32-5)25(27(29)31)28-15-18(3)14-19(4)16-28/h6-13,17-19H,14-16H2,1-5H3. The Morgan fingerprint density at radius 3 is 2.12 bits per heavy atom. The predicted octanol–water partition coefficient (Wildman–Crippen LogP) is 4.74. The zero-order chi connectivity index (χ0) is 23.7. The second-order valence-electron chi connectivity index (χ2n) is 9.35. The van der Waals surface area contributed by atoms with Crippen LogP contribution in [0.15, 0.2) is 54.2 Å². The van der Waals surface area contributed by atoms with Crippen LogP contribution >= 0.6 is 0 Å². The Bertz CT molecular complexity index is 1080. The van der Waals surface area contributed by atoms with E-state index in [-0.39, 0.29) is 17.9 Å². The lowest BCUT2D eigenvalue weighted by molar-refractivity contribution is -0.121. The van der Waals surface area contributed by atoms with E-state index < -0.39 is 0 Å². The van der Waals surface area contributed by atoms with Crippen molar-refractivity contribution in [2.24, 2.45) is 11.8 Å². The molecular formula is C27H32N2O4. The van der Waals surface area contributed by atoms with Crippen molar-refractivity contribution in [3.05, 3.63) is 59.8 Å². The lowest BCUT2D eigenvalue weighted by Crippen LogP contribution is -2.42. The monoisotopic (exact) mass is 448 g/mol. The molecule has 0 N–H and O–H groups in total. The van der Waals surface area contributed by atoms with Crippen LogP contribution in [0.25, 0.3) is 5.57 Å². The van der Waals surface area contributed by atoms with Gasteiger partial charge in [0.1, 0.15) is 17.2 Å². The number of ether oxygens (including phenoxy) is 2. The van der Waals surface area contributed by atoms with Gasteiger partial charge in [-0.3, -0.25) is 9.59 Å². The first-order valence-electron chi connectivity index (χ1n) is 11.6. The number of hydrogen-bond donors (Lipinski definition) is 0. The smallest absolute Gasteiger partial charge is 0.282 e. The maximum Gasteiger partial charge on any atom is 0.282 e. The topological polar surface area (TPSA) is 59.1 Å². The summed E-state index contributed by atoms with van der Waals surface area (Å²) in [7, 11) is 1.58. The number of hydrogen-bond acceptors (Lipinski definition) is 5. The molecule has 1 saturated heterocycles. The molecule has 2 heterocycles. The van der Waals surface area contributed by atoms with Crippen molar-refractivity contribution < 1.29 is 19.1 Å². The van der Waals surface area contributed by atoms with Crippen LogP contribution < -0.4 is 14.4 Å². The highest BCUT2D eigenvalue weighted by molar-refractivity contribution is 6.46. The largest absolute Gasteiger partial charge is 0.496 e. The number of rotatable bonds is 6. The first kappa shape index (κ1) is 22.9. The van der Waals surface area contributed by atoms with Crippen LogP contribution in [0.1, 0.15) is 39.7 Å². The summed E-state index contributed by atoms with van der Waals surface area (Å²) in [5.41, 5.74) is 1.92. The number of carbonyl (C=O) groups excluding carboxylic acids is 2. The van der Waals surface area contributed by atoms with E-state index in [1.165, 1.54) is 4.90 Å². The number of imide groups is 1. The molecular weight excluding hydrogens is 416 g/mol. The van der Waals surface area contributed by atoms with Gasteiger partial charge < -0.3 is 14.4 Å². The number of benzene rings is 2. The Labute approximate surface area is 195 Å². The number of para-hydroxylation sites is 3. The number of methoxy groups -OCH3 is 1. The number of likely N-dealkylation sites (tertiary alicyclic amines) is 1. The van der Waals surface area contributed by atoms with Gasteiger partial charge in [0.05, 0.1) is 24.5 Å². The average Bonchev–Trinajstić information content (AvgIpc) is 3.03. The summed E-state index contributed by atoms with van der Waals surface area (Å²) in [5, 5.41) is 0. The van der Waals surface area contributed by atoms with Crippen LogP contribution in [-0.4, -0.2) is 43.0 Å². The number of nitrogens with zero attached hydrogens (tertiary/aromatic N) is 2. The van der Waals surface area contributed by atoms with Gasteiger partial charge in [0.25, 0.3) is 11.8 Å². The van der Waals surface area contributed by atoms with Gasteiger partial charge in [0.15, 0.2) is 0 Å².